The summed E-state index contributed by atoms with van der Waals surface area (Å²) in [6.45, 7) is 17.5. The third-order valence-corrected chi connectivity index (χ3v) is 0.406. The zero-order valence-electron chi connectivity index (χ0n) is 11.7. The summed E-state index contributed by atoms with van der Waals surface area (Å²) < 4.78 is 0. The number of aromatic nitrogens is 2. The van der Waals surface area contributed by atoms with Crippen LogP contribution in [0.3, 0.4) is 0 Å². The first-order chi connectivity index (χ1) is 6.50. The maximum absolute atomic E-state index is 3.60. The van der Waals surface area contributed by atoms with Crippen molar-refractivity contribution in [3.63, 3.8) is 0 Å². The predicted octanol–water partition coefficient (Wildman–Crippen LogP) is 4.51. The molecule has 2 nitrogen and oxygen atoms in total. The molecule has 0 aliphatic rings. The SMILES string of the molecule is CC(C)(C)C.CC(C)(C)C.c1cn[nH]c1. The number of aromatic amines is 1. The lowest BCUT2D eigenvalue weighted by Crippen LogP contribution is -1.93. The van der Waals surface area contributed by atoms with Crippen molar-refractivity contribution < 1.29 is 0 Å². The number of hydrogen-bond donors (Lipinski definition) is 1. The van der Waals surface area contributed by atoms with E-state index in [0.717, 1.165) is 0 Å². The molecule has 2 heteroatoms. The first kappa shape index (κ1) is 16.6. The Morgan fingerprint density at radius 2 is 1.13 bits per heavy atom. The summed E-state index contributed by atoms with van der Waals surface area (Å²) in [6, 6.07) is 1.83. The van der Waals surface area contributed by atoms with Crippen LogP contribution in [-0.4, -0.2) is 10.2 Å². The summed E-state index contributed by atoms with van der Waals surface area (Å²) >= 11 is 0. The molecule has 0 saturated heterocycles. The van der Waals surface area contributed by atoms with Gasteiger partial charge in [-0.05, 0) is 16.9 Å². The van der Waals surface area contributed by atoms with E-state index in [1.54, 1.807) is 12.4 Å². The fraction of sp³-hybridized carbons (Fsp3) is 0.769. The third-order valence-electron chi connectivity index (χ3n) is 0.406. The Morgan fingerprint density at radius 3 is 1.20 bits per heavy atom. The van der Waals surface area contributed by atoms with Crippen molar-refractivity contribution in [2.24, 2.45) is 10.8 Å². The lowest BCUT2D eigenvalue weighted by atomic mass is 10.0. The molecule has 0 fully saturated rings. The zero-order chi connectivity index (χ0) is 12.5. The Balaban J connectivity index is 0. The van der Waals surface area contributed by atoms with Gasteiger partial charge in [0.15, 0.2) is 0 Å². The van der Waals surface area contributed by atoms with Crippen LogP contribution in [0.5, 0.6) is 0 Å². The molecule has 0 spiro atoms. The summed E-state index contributed by atoms with van der Waals surface area (Å²) in [6.07, 6.45) is 3.46. The van der Waals surface area contributed by atoms with Gasteiger partial charge < -0.3 is 0 Å². The van der Waals surface area contributed by atoms with Crippen LogP contribution in [0.25, 0.3) is 0 Å². The minimum atomic E-state index is 0.500. The monoisotopic (exact) mass is 212 g/mol. The number of hydrogen-bond acceptors (Lipinski definition) is 1. The highest BCUT2D eigenvalue weighted by molar-refractivity contribution is 4.72. The first-order valence-corrected chi connectivity index (χ1v) is 5.44. The molecule has 1 aromatic heterocycles. The van der Waals surface area contributed by atoms with Gasteiger partial charge in [-0.2, -0.15) is 5.10 Å². The van der Waals surface area contributed by atoms with Crippen LogP contribution >= 0.6 is 0 Å². The Labute approximate surface area is 95.5 Å². The van der Waals surface area contributed by atoms with E-state index in [2.05, 4.69) is 65.6 Å². The van der Waals surface area contributed by atoms with Gasteiger partial charge in [-0.25, -0.2) is 0 Å². The highest BCUT2D eigenvalue weighted by Crippen LogP contribution is 2.08. The average Bonchev–Trinajstić information content (AvgIpc) is 2.28. The fourth-order valence-electron chi connectivity index (χ4n) is 0.215. The molecule has 1 N–H and O–H groups in total. The molecule has 0 bridgehead atoms. The van der Waals surface area contributed by atoms with Crippen LogP contribution in [0.1, 0.15) is 55.4 Å². The Kier molecular flexibility index (Phi) is 8.31. The zero-order valence-corrected chi connectivity index (χ0v) is 11.7. The van der Waals surface area contributed by atoms with Crippen LogP contribution < -0.4 is 0 Å². The van der Waals surface area contributed by atoms with E-state index in [0.29, 0.717) is 10.8 Å². The molecular weight excluding hydrogens is 184 g/mol. The summed E-state index contributed by atoms with van der Waals surface area (Å²) in [5.74, 6) is 0. The lowest BCUT2D eigenvalue weighted by molar-refractivity contribution is 0.469. The number of H-pyrrole nitrogens is 1. The van der Waals surface area contributed by atoms with Gasteiger partial charge >= 0.3 is 0 Å². The number of rotatable bonds is 0. The predicted molar refractivity (Wildman–Crippen MR) is 68.8 cm³/mol. The van der Waals surface area contributed by atoms with Gasteiger partial charge in [0.1, 0.15) is 0 Å². The molecule has 0 aliphatic heterocycles. The minimum Gasteiger partial charge on any atom is -0.286 e. The van der Waals surface area contributed by atoms with Crippen molar-refractivity contribution in [2.75, 3.05) is 0 Å². The lowest BCUT2D eigenvalue weighted by Gasteiger charge is -2.05. The van der Waals surface area contributed by atoms with Gasteiger partial charge in [0.2, 0.25) is 0 Å². The molecule has 1 aromatic rings. The Bertz CT molecular complexity index is 158. The van der Waals surface area contributed by atoms with Crippen LogP contribution in [0.15, 0.2) is 18.5 Å². The van der Waals surface area contributed by atoms with E-state index >= 15 is 0 Å². The number of nitrogens with zero attached hydrogens (tertiary/aromatic N) is 1. The second-order valence-corrected chi connectivity index (χ2v) is 6.77. The maximum atomic E-state index is 3.60. The summed E-state index contributed by atoms with van der Waals surface area (Å²) in [5.41, 5.74) is 1.00. The van der Waals surface area contributed by atoms with Crippen LogP contribution in [0.2, 0.25) is 0 Å². The van der Waals surface area contributed by atoms with Gasteiger partial charge in [0.05, 0.1) is 0 Å². The summed E-state index contributed by atoms with van der Waals surface area (Å²) in [7, 11) is 0. The largest absolute Gasteiger partial charge is 0.286 e. The molecule has 0 atom stereocenters. The molecule has 1 rings (SSSR count). The van der Waals surface area contributed by atoms with Crippen molar-refractivity contribution >= 4 is 0 Å². The van der Waals surface area contributed by atoms with E-state index in [9.17, 15) is 0 Å². The van der Waals surface area contributed by atoms with Gasteiger partial charge in [0.25, 0.3) is 0 Å². The van der Waals surface area contributed by atoms with Gasteiger partial charge in [0, 0.05) is 12.4 Å². The molecule has 0 saturated carbocycles. The van der Waals surface area contributed by atoms with Crippen LogP contribution in [0, 0.1) is 10.8 Å². The second kappa shape index (κ2) is 7.49. The molecule has 0 aliphatic carbocycles. The molecule has 90 valence electrons. The standard InChI is InChI=1S/2C5H12.C3H4N2/c2*1-5(2,3)4;1-2-4-5-3-1/h2*1-4H3;1-3H,(H,4,5). The van der Waals surface area contributed by atoms with Crippen molar-refractivity contribution in [1.29, 1.82) is 0 Å². The molecule has 0 unspecified atom stereocenters. The third kappa shape index (κ3) is 93.7. The molecular formula is C13H28N2. The quantitative estimate of drug-likeness (QED) is 0.673. The fourth-order valence-corrected chi connectivity index (χ4v) is 0.215. The molecule has 15 heavy (non-hydrogen) atoms. The van der Waals surface area contributed by atoms with E-state index < -0.39 is 0 Å². The van der Waals surface area contributed by atoms with Crippen molar-refractivity contribution in [2.45, 2.75) is 55.4 Å². The molecule has 1 heterocycles. The smallest absolute Gasteiger partial charge is 0.0487 e. The Morgan fingerprint density at radius 1 is 0.800 bits per heavy atom. The van der Waals surface area contributed by atoms with Crippen molar-refractivity contribution in [1.82, 2.24) is 10.2 Å². The normalized spacial score (nSPS) is 10.7. The maximum Gasteiger partial charge on any atom is 0.0487 e. The van der Waals surface area contributed by atoms with Crippen LogP contribution in [-0.2, 0) is 0 Å². The second-order valence-electron chi connectivity index (χ2n) is 6.77. The van der Waals surface area contributed by atoms with Gasteiger partial charge in [-0.15, -0.1) is 0 Å². The van der Waals surface area contributed by atoms with Crippen molar-refractivity contribution in [3.8, 4) is 0 Å². The highest BCUT2D eigenvalue weighted by Gasteiger charge is 1.96. The van der Waals surface area contributed by atoms with E-state index in [1.807, 2.05) is 6.07 Å². The average molecular weight is 212 g/mol. The minimum absolute atomic E-state index is 0.500. The molecule has 0 aromatic carbocycles. The summed E-state index contributed by atoms with van der Waals surface area (Å²) in [4.78, 5) is 0. The number of nitrogens with one attached hydrogen (secondary N) is 1. The van der Waals surface area contributed by atoms with Crippen molar-refractivity contribution in [3.05, 3.63) is 18.5 Å². The molecule has 0 amide bonds. The van der Waals surface area contributed by atoms with Gasteiger partial charge in [-0.1, -0.05) is 55.4 Å². The topological polar surface area (TPSA) is 28.7 Å². The van der Waals surface area contributed by atoms with E-state index in [-0.39, 0.29) is 0 Å². The van der Waals surface area contributed by atoms with E-state index in [4.69, 9.17) is 0 Å². The highest BCUT2D eigenvalue weighted by atomic mass is 15.1. The summed E-state index contributed by atoms with van der Waals surface area (Å²) in [5, 5.41) is 6.21. The first-order valence-electron chi connectivity index (χ1n) is 5.44. The molecule has 0 radical (unpaired) electrons. The Hall–Kier alpha value is -0.790. The van der Waals surface area contributed by atoms with Crippen LogP contribution in [0.4, 0.5) is 0 Å². The van der Waals surface area contributed by atoms with E-state index in [1.165, 1.54) is 0 Å². The van der Waals surface area contributed by atoms with Gasteiger partial charge in [-0.3, -0.25) is 5.10 Å².